The summed E-state index contributed by atoms with van der Waals surface area (Å²) < 4.78 is 13.7. The second-order valence-corrected chi connectivity index (χ2v) is 5.21. The van der Waals surface area contributed by atoms with E-state index in [1.54, 1.807) is 17.4 Å². The minimum absolute atomic E-state index is 0.0836. The van der Waals surface area contributed by atoms with Gasteiger partial charge in [0.05, 0.1) is 5.56 Å². The Hall–Kier alpha value is -1.46. The van der Waals surface area contributed by atoms with Crippen LogP contribution >= 0.6 is 23.6 Å². The maximum Gasteiger partial charge on any atom is 0.135 e. The Labute approximate surface area is 115 Å². The Morgan fingerprint density at radius 3 is 2.83 bits per heavy atom. The highest BCUT2D eigenvalue weighted by atomic mass is 32.1. The van der Waals surface area contributed by atoms with E-state index in [1.165, 1.54) is 11.6 Å². The van der Waals surface area contributed by atoms with Crippen molar-refractivity contribution in [2.75, 3.05) is 11.9 Å². The van der Waals surface area contributed by atoms with Crippen LogP contribution in [0.1, 0.15) is 11.1 Å². The predicted molar refractivity (Wildman–Crippen MR) is 78.7 cm³/mol. The summed E-state index contributed by atoms with van der Waals surface area (Å²) in [6.07, 6.45) is 0. The number of thiophene rings is 1. The summed E-state index contributed by atoms with van der Waals surface area (Å²) >= 11 is 6.56. The van der Waals surface area contributed by atoms with E-state index >= 15 is 0 Å². The molecule has 0 saturated heterocycles. The first-order chi connectivity index (χ1) is 8.59. The van der Waals surface area contributed by atoms with E-state index in [-0.39, 0.29) is 10.8 Å². The molecule has 2 nitrogen and oxygen atoms in total. The molecule has 0 saturated carbocycles. The SMILES string of the molecule is CN(Cc1ccsc1)c1cccc(F)c1C(N)=S. The van der Waals surface area contributed by atoms with Gasteiger partial charge in [0.15, 0.2) is 0 Å². The zero-order chi connectivity index (χ0) is 13.1. The average molecular weight is 280 g/mol. The van der Waals surface area contributed by atoms with Crippen LogP contribution in [0.5, 0.6) is 0 Å². The highest BCUT2D eigenvalue weighted by molar-refractivity contribution is 7.80. The molecule has 0 aliphatic carbocycles. The Kier molecular flexibility index (Phi) is 3.93. The van der Waals surface area contributed by atoms with Gasteiger partial charge in [-0.3, -0.25) is 0 Å². The first kappa shape index (κ1) is 13.0. The zero-order valence-corrected chi connectivity index (χ0v) is 11.5. The van der Waals surface area contributed by atoms with Gasteiger partial charge in [0.2, 0.25) is 0 Å². The highest BCUT2D eigenvalue weighted by Gasteiger charge is 2.14. The van der Waals surface area contributed by atoms with Crippen LogP contribution in [0.2, 0.25) is 0 Å². The van der Waals surface area contributed by atoms with Gasteiger partial charge in [-0.2, -0.15) is 11.3 Å². The summed E-state index contributed by atoms with van der Waals surface area (Å²) in [7, 11) is 1.90. The minimum Gasteiger partial charge on any atom is -0.389 e. The standard InChI is InChI=1S/C13H13FN2S2/c1-16(7-9-5-6-18-8-9)11-4-2-3-10(14)12(11)13(15)17/h2-6,8H,7H2,1H3,(H2,15,17). The molecule has 0 fully saturated rings. The van der Waals surface area contributed by atoms with Crippen molar-refractivity contribution in [2.24, 2.45) is 5.73 Å². The molecule has 2 aromatic rings. The van der Waals surface area contributed by atoms with Gasteiger partial charge in [0, 0.05) is 19.3 Å². The molecule has 1 aromatic carbocycles. The van der Waals surface area contributed by atoms with E-state index < -0.39 is 0 Å². The monoisotopic (exact) mass is 280 g/mol. The fraction of sp³-hybridized carbons (Fsp3) is 0.154. The van der Waals surface area contributed by atoms with Crippen LogP contribution in [0.25, 0.3) is 0 Å². The fourth-order valence-electron chi connectivity index (χ4n) is 1.82. The molecule has 0 unspecified atom stereocenters. The van der Waals surface area contributed by atoms with E-state index in [1.807, 2.05) is 29.5 Å². The number of halogens is 1. The lowest BCUT2D eigenvalue weighted by Crippen LogP contribution is -2.22. The minimum atomic E-state index is -0.378. The third kappa shape index (κ3) is 2.68. The maximum absolute atomic E-state index is 13.7. The molecule has 1 aromatic heterocycles. The molecule has 0 amide bonds. The van der Waals surface area contributed by atoms with Crippen LogP contribution in [0.3, 0.4) is 0 Å². The third-order valence-corrected chi connectivity index (χ3v) is 3.59. The van der Waals surface area contributed by atoms with Gasteiger partial charge in [0.1, 0.15) is 10.8 Å². The van der Waals surface area contributed by atoms with Crippen molar-refractivity contribution in [1.29, 1.82) is 0 Å². The van der Waals surface area contributed by atoms with Crippen molar-refractivity contribution in [3.8, 4) is 0 Å². The second-order valence-electron chi connectivity index (χ2n) is 3.99. The lowest BCUT2D eigenvalue weighted by Gasteiger charge is -2.22. The zero-order valence-electron chi connectivity index (χ0n) is 9.89. The number of nitrogens with zero attached hydrogens (tertiary/aromatic N) is 1. The molecule has 0 spiro atoms. The molecule has 18 heavy (non-hydrogen) atoms. The molecule has 0 bridgehead atoms. The first-order valence-electron chi connectivity index (χ1n) is 5.40. The number of benzene rings is 1. The van der Waals surface area contributed by atoms with Gasteiger partial charge in [-0.05, 0) is 34.5 Å². The lowest BCUT2D eigenvalue weighted by atomic mass is 10.1. The Bertz CT molecular complexity index is 552. The number of thiocarbonyl (C=S) groups is 1. The molecule has 0 atom stereocenters. The third-order valence-electron chi connectivity index (χ3n) is 2.65. The van der Waals surface area contributed by atoms with Crippen LogP contribution < -0.4 is 10.6 Å². The van der Waals surface area contributed by atoms with E-state index in [2.05, 4.69) is 5.38 Å². The Morgan fingerprint density at radius 2 is 2.22 bits per heavy atom. The Balaban J connectivity index is 2.32. The van der Waals surface area contributed by atoms with Crippen LogP contribution in [0, 0.1) is 5.82 Å². The van der Waals surface area contributed by atoms with Crippen LogP contribution in [-0.2, 0) is 6.54 Å². The molecule has 2 rings (SSSR count). The van der Waals surface area contributed by atoms with Crippen LogP contribution in [0.4, 0.5) is 10.1 Å². The molecule has 5 heteroatoms. The summed E-state index contributed by atoms with van der Waals surface area (Å²) in [5.41, 5.74) is 7.80. The second kappa shape index (κ2) is 5.46. The number of hydrogen-bond acceptors (Lipinski definition) is 3. The van der Waals surface area contributed by atoms with E-state index in [9.17, 15) is 4.39 Å². The van der Waals surface area contributed by atoms with Crippen molar-refractivity contribution < 1.29 is 4.39 Å². The largest absolute Gasteiger partial charge is 0.389 e. The van der Waals surface area contributed by atoms with Gasteiger partial charge in [0.25, 0.3) is 0 Å². The number of nitrogens with two attached hydrogens (primary N) is 1. The summed E-state index contributed by atoms with van der Waals surface area (Å²) in [5.74, 6) is -0.378. The number of hydrogen-bond donors (Lipinski definition) is 1. The summed E-state index contributed by atoms with van der Waals surface area (Å²) in [4.78, 5) is 2.03. The average Bonchev–Trinajstić information content (AvgIpc) is 2.80. The number of anilines is 1. The van der Waals surface area contributed by atoms with Crippen LogP contribution in [0.15, 0.2) is 35.0 Å². The maximum atomic E-state index is 13.7. The first-order valence-corrected chi connectivity index (χ1v) is 6.75. The summed E-state index contributed by atoms with van der Waals surface area (Å²) in [5, 5.41) is 4.08. The molecular weight excluding hydrogens is 267 g/mol. The molecule has 0 aliphatic rings. The topological polar surface area (TPSA) is 29.3 Å². The van der Waals surface area contributed by atoms with Gasteiger partial charge < -0.3 is 10.6 Å². The number of rotatable bonds is 4. The Morgan fingerprint density at radius 1 is 1.44 bits per heavy atom. The van der Waals surface area contributed by atoms with Gasteiger partial charge >= 0.3 is 0 Å². The smallest absolute Gasteiger partial charge is 0.135 e. The van der Waals surface area contributed by atoms with Crippen molar-refractivity contribution in [3.05, 3.63) is 52.0 Å². The quantitative estimate of drug-likeness (QED) is 0.872. The molecule has 0 radical (unpaired) electrons. The van der Waals surface area contributed by atoms with E-state index in [0.29, 0.717) is 17.8 Å². The molecule has 0 aliphatic heterocycles. The lowest BCUT2D eigenvalue weighted by molar-refractivity contribution is 0.624. The predicted octanol–water partition coefficient (Wildman–Crippen LogP) is 3.16. The van der Waals surface area contributed by atoms with E-state index in [4.69, 9.17) is 18.0 Å². The highest BCUT2D eigenvalue weighted by Crippen LogP contribution is 2.24. The van der Waals surface area contributed by atoms with Crippen molar-refractivity contribution in [3.63, 3.8) is 0 Å². The summed E-state index contributed by atoms with van der Waals surface area (Å²) in [6, 6.07) is 6.90. The fourth-order valence-corrected chi connectivity index (χ4v) is 2.68. The molecular formula is C13H13FN2S2. The normalized spacial score (nSPS) is 10.3. The van der Waals surface area contributed by atoms with Crippen molar-refractivity contribution in [1.82, 2.24) is 0 Å². The summed E-state index contributed by atoms with van der Waals surface area (Å²) in [6.45, 7) is 0.697. The van der Waals surface area contributed by atoms with Crippen molar-refractivity contribution >= 4 is 34.2 Å². The van der Waals surface area contributed by atoms with Gasteiger partial charge in [-0.25, -0.2) is 4.39 Å². The van der Waals surface area contributed by atoms with Gasteiger partial charge in [-0.1, -0.05) is 18.3 Å². The van der Waals surface area contributed by atoms with Crippen molar-refractivity contribution in [2.45, 2.75) is 6.54 Å². The van der Waals surface area contributed by atoms with E-state index in [0.717, 1.165) is 0 Å². The molecule has 1 heterocycles. The van der Waals surface area contributed by atoms with Gasteiger partial charge in [-0.15, -0.1) is 0 Å². The molecule has 94 valence electrons. The molecule has 2 N–H and O–H groups in total. The van der Waals surface area contributed by atoms with Crippen LogP contribution in [-0.4, -0.2) is 12.0 Å².